The number of nitrogens with two attached hydrogens (primary N) is 1. The second-order valence-corrected chi connectivity index (χ2v) is 6.72. The van der Waals surface area contributed by atoms with E-state index in [1.807, 2.05) is 84.0 Å². The quantitative estimate of drug-likeness (QED) is 0.227. The van der Waals surface area contributed by atoms with Crippen LogP contribution in [-0.4, -0.2) is 21.2 Å². The summed E-state index contributed by atoms with van der Waals surface area (Å²) in [5.74, 6) is 3.19. The van der Waals surface area contributed by atoms with Gasteiger partial charge in [-0.3, -0.25) is 0 Å². The lowest BCUT2D eigenvalue weighted by Gasteiger charge is -2.03. The first-order valence-electron chi connectivity index (χ1n) is 12.7. The molecule has 2 N–H and O–H groups in total. The van der Waals surface area contributed by atoms with Gasteiger partial charge in [0.25, 0.3) is 5.95 Å². The summed E-state index contributed by atoms with van der Waals surface area (Å²) in [4.78, 5) is 17.1. The molecule has 1 heterocycles. The van der Waals surface area contributed by atoms with E-state index in [1.54, 1.807) is 13.1 Å². The molecule has 194 valence electrons. The molecule has 0 aliphatic carbocycles. The van der Waals surface area contributed by atoms with Crippen molar-refractivity contribution in [1.82, 2.24) is 15.0 Å². The molecule has 0 fully saturated rings. The predicted molar refractivity (Wildman–Crippen MR) is 162 cm³/mol. The fourth-order valence-electron chi connectivity index (χ4n) is 2.79. The van der Waals surface area contributed by atoms with E-state index < -0.39 is 0 Å². The number of anilines is 1. The maximum atomic E-state index is 5.82. The Balaban J connectivity index is 0.00000129. The van der Waals surface area contributed by atoms with Gasteiger partial charge in [-0.2, -0.15) is 15.0 Å². The SMILES string of the molecule is C#CC.CC.CC.CC.Cc1ccc(-c2ccc(C=Nc3nc(N)nc(-c4ccccc4)n3)cc2)cc1. The number of hydrogen-bond donors (Lipinski definition) is 1. The van der Waals surface area contributed by atoms with Crippen LogP contribution in [0.3, 0.4) is 0 Å². The minimum atomic E-state index is 0.149. The Kier molecular flexibility index (Phi) is 17.6. The van der Waals surface area contributed by atoms with Gasteiger partial charge in [0.1, 0.15) is 0 Å². The van der Waals surface area contributed by atoms with Crippen LogP contribution in [-0.2, 0) is 0 Å². The second-order valence-electron chi connectivity index (χ2n) is 6.72. The molecular formula is C32H41N5. The van der Waals surface area contributed by atoms with Gasteiger partial charge in [0.05, 0.1) is 0 Å². The number of hydrogen-bond acceptors (Lipinski definition) is 5. The van der Waals surface area contributed by atoms with Crippen LogP contribution in [0.25, 0.3) is 22.5 Å². The van der Waals surface area contributed by atoms with Crippen molar-refractivity contribution in [1.29, 1.82) is 0 Å². The third-order valence-electron chi connectivity index (χ3n) is 4.30. The smallest absolute Gasteiger partial charge is 0.254 e. The standard InChI is InChI=1S/C23H19N5.C3H4.3C2H6/c1-16-7-11-18(12-8-16)19-13-9-17(10-14-19)15-25-23-27-21(26-22(24)28-23)20-5-3-2-4-6-20;1-3-2;3*1-2/h2-15H,1H3,(H2,24,26,27,28);1H,2H3;3*1-2H3. The first kappa shape index (κ1) is 32.7. The van der Waals surface area contributed by atoms with E-state index in [4.69, 9.17) is 5.73 Å². The summed E-state index contributed by atoms with van der Waals surface area (Å²) >= 11 is 0. The van der Waals surface area contributed by atoms with E-state index >= 15 is 0 Å². The molecule has 0 atom stereocenters. The summed E-state index contributed by atoms with van der Waals surface area (Å²) in [6.45, 7) is 15.7. The monoisotopic (exact) mass is 495 g/mol. The molecule has 5 nitrogen and oxygen atoms in total. The molecule has 0 saturated heterocycles. The Bertz CT molecular complexity index is 1190. The second kappa shape index (κ2) is 19.9. The highest BCUT2D eigenvalue weighted by Crippen LogP contribution is 2.21. The number of nitrogen functional groups attached to an aromatic ring is 1. The lowest BCUT2D eigenvalue weighted by Crippen LogP contribution is -1.99. The van der Waals surface area contributed by atoms with Gasteiger partial charge in [0.15, 0.2) is 5.82 Å². The van der Waals surface area contributed by atoms with E-state index in [1.165, 1.54) is 11.1 Å². The molecule has 0 aliphatic heterocycles. The van der Waals surface area contributed by atoms with Gasteiger partial charge >= 0.3 is 0 Å². The zero-order valence-electron chi connectivity index (χ0n) is 23.5. The summed E-state index contributed by atoms with van der Waals surface area (Å²) in [6.07, 6.45) is 6.32. The zero-order valence-corrected chi connectivity index (χ0v) is 23.5. The van der Waals surface area contributed by atoms with E-state index in [-0.39, 0.29) is 11.9 Å². The number of rotatable bonds is 4. The minimum Gasteiger partial charge on any atom is -0.368 e. The van der Waals surface area contributed by atoms with Crippen molar-refractivity contribution in [2.75, 3.05) is 5.73 Å². The van der Waals surface area contributed by atoms with E-state index in [2.05, 4.69) is 75.6 Å². The third kappa shape index (κ3) is 11.8. The van der Waals surface area contributed by atoms with Crippen LogP contribution in [0.4, 0.5) is 11.9 Å². The zero-order chi connectivity index (χ0) is 28.1. The molecule has 1 aromatic heterocycles. The molecule has 0 aliphatic rings. The molecule has 37 heavy (non-hydrogen) atoms. The first-order valence-corrected chi connectivity index (χ1v) is 12.7. The highest BCUT2D eigenvalue weighted by Gasteiger charge is 2.05. The van der Waals surface area contributed by atoms with Gasteiger partial charge in [-0.05, 0) is 30.5 Å². The van der Waals surface area contributed by atoms with Gasteiger partial charge in [-0.25, -0.2) is 4.99 Å². The normalized spacial score (nSPS) is 9.05. The van der Waals surface area contributed by atoms with Gasteiger partial charge in [0, 0.05) is 11.8 Å². The molecule has 4 aromatic rings. The molecule has 4 rings (SSSR count). The maximum Gasteiger partial charge on any atom is 0.254 e. The van der Waals surface area contributed by atoms with Crippen LogP contribution < -0.4 is 5.73 Å². The Morgan fingerprint density at radius 3 is 1.70 bits per heavy atom. The summed E-state index contributed by atoms with van der Waals surface area (Å²) in [5, 5.41) is 0. The van der Waals surface area contributed by atoms with E-state index in [0.717, 1.165) is 16.7 Å². The van der Waals surface area contributed by atoms with Crippen LogP contribution in [0.15, 0.2) is 83.9 Å². The van der Waals surface area contributed by atoms with Gasteiger partial charge in [0.2, 0.25) is 5.95 Å². The van der Waals surface area contributed by atoms with E-state index in [9.17, 15) is 0 Å². The van der Waals surface area contributed by atoms with Crippen molar-refractivity contribution in [2.24, 2.45) is 4.99 Å². The number of aliphatic imine (C=N–C) groups is 1. The molecule has 0 saturated carbocycles. The van der Waals surface area contributed by atoms with Crippen molar-refractivity contribution in [2.45, 2.75) is 55.4 Å². The summed E-state index contributed by atoms with van der Waals surface area (Å²) in [5.41, 5.74) is 11.2. The summed E-state index contributed by atoms with van der Waals surface area (Å²) in [7, 11) is 0. The molecule has 3 aromatic carbocycles. The van der Waals surface area contributed by atoms with Crippen molar-refractivity contribution >= 4 is 18.1 Å². The molecule has 0 unspecified atom stereocenters. The van der Waals surface area contributed by atoms with Crippen LogP contribution >= 0.6 is 0 Å². The summed E-state index contributed by atoms with van der Waals surface area (Å²) < 4.78 is 0. The van der Waals surface area contributed by atoms with Crippen LogP contribution in [0.5, 0.6) is 0 Å². The Morgan fingerprint density at radius 1 is 0.703 bits per heavy atom. The minimum absolute atomic E-state index is 0.149. The topological polar surface area (TPSA) is 77.0 Å². The lowest BCUT2D eigenvalue weighted by molar-refractivity contribution is 1.06. The highest BCUT2D eigenvalue weighted by atomic mass is 15.2. The number of terminal acetylenes is 1. The predicted octanol–water partition coefficient (Wildman–Crippen LogP) is 8.56. The molecule has 0 amide bonds. The molecule has 0 bridgehead atoms. The third-order valence-corrected chi connectivity index (χ3v) is 4.30. The van der Waals surface area contributed by atoms with Crippen LogP contribution in [0.2, 0.25) is 0 Å². The lowest BCUT2D eigenvalue weighted by atomic mass is 10.0. The van der Waals surface area contributed by atoms with Gasteiger partial charge in [-0.15, -0.1) is 12.3 Å². The largest absolute Gasteiger partial charge is 0.368 e. The Morgan fingerprint density at radius 2 is 1.19 bits per heavy atom. The highest BCUT2D eigenvalue weighted by molar-refractivity contribution is 5.82. The number of aromatic nitrogens is 3. The molecule has 0 radical (unpaired) electrons. The summed E-state index contributed by atoms with van der Waals surface area (Å²) in [6, 6.07) is 26.3. The van der Waals surface area contributed by atoms with E-state index in [0.29, 0.717) is 5.82 Å². The van der Waals surface area contributed by atoms with Gasteiger partial charge in [-0.1, -0.05) is 126 Å². The van der Waals surface area contributed by atoms with Gasteiger partial charge < -0.3 is 5.73 Å². The molecule has 0 spiro atoms. The van der Waals surface area contributed by atoms with Crippen molar-refractivity contribution in [3.63, 3.8) is 0 Å². The fourth-order valence-corrected chi connectivity index (χ4v) is 2.79. The Labute approximate surface area is 224 Å². The fraction of sp³-hybridized carbons (Fsp3) is 0.250. The van der Waals surface area contributed by atoms with Crippen molar-refractivity contribution in [3.05, 3.63) is 90.0 Å². The Hall–Kier alpha value is -4.30. The van der Waals surface area contributed by atoms with Crippen LogP contribution in [0.1, 0.15) is 59.6 Å². The average molecular weight is 496 g/mol. The van der Waals surface area contributed by atoms with Crippen molar-refractivity contribution < 1.29 is 0 Å². The molecule has 5 heteroatoms. The molecular weight excluding hydrogens is 454 g/mol. The number of nitrogens with zero attached hydrogens (tertiary/aromatic N) is 4. The maximum absolute atomic E-state index is 5.82. The van der Waals surface area contributed by atoms with Crippen molar-refractivity contribution in [3.8, 4) is 34.9 Å². The first-order chi connectivity index (χ1) is 18.1. The number of aryl methyl sites for hydroxylation is 1. The number of benzene rings is 3. The van der Waals surface area contributed by atoms with Crippen LogP contribution in [0, 0.1) is 19.3 Å². The average Bonchev–Trinajstić information content (AvgIpc) is 2.96.